The average Bonchev–Trinajstić information content (AvgIpc) is 2.74. The first-order chi connectivity index (χ1) is 14.0. The highest BCUT2D eigenvalue weighted by Crippen LogP contribution is 2.22. The molecule has 2 aromatic rings. The summed E-state index contributed by atoms with van der Waals surface area (Å²) in [4.78, 5) is 31.3. The molecule has 0 radical (unpaired) electrons. The minimum absolute atomic E-state index is 0.210. The van der Waals surface area contributed by atoms with E-state index in [1.165, 1.54) is 37.3 Å². The number of carbonyl (C=O) groups excluding carboxylic acids is 2. The van der Waals surface area contributed by atoms with E-state index < -0.39 is 0 Å². The fourth-order valence-electron chi connectivity index (χ4n) is 3.38. The van der Waals surface area contributed by atoms with Crippen molar-refractivity contribution in [2.45, 2.75) is 39.5 Å². The zero-order valence-corrected chi connectivity index (χ0v) is 17.3. The number of carbonyl (C=O) groups is 2. The molecule has 0 unspecified atom stereocenters. The number of rotatable bonds is 7. The number of hydrogen-bond acceptors (Lipinski definition) is 4. The van der Waals surface area contributed by atoms with Gasteiger partial charge in [0.25, 0.3) is 11.8 Å². The number of benzene rings is 1. The third kappa shape index (κ3) is 6.04. The summed E-state index contributed by atoms with van der Waals surface area (Å²) in [6, 6.07) is 9.49. The Morgan fingerprint density at radius 3 is 2.31 bits per heavy atom. The van der Waals surface area contributed by atoms with Gasteiger partial charge >= 0.3 is 0 Å². The van der Waals surface area contributed by atoms with Gasteiger partial charge in [0.2, 0.25) is 0 Å². The fourth-order valence-corrected chi connectivity index (χ4v) is 3.38. The summed E-state index contributed by atoms with van der Waals surface area (Å²) in [7, 11) is 0. The molecule has 0 saturated carbocycles. The first kappa shape index (κ1) is 20.8. The highest BCUT2D eigenvalue weighted by Gasteiger charge is 2.13. The van der Waals surface area contributed by atoms with Gasteiger partial charge in [-0.3, -0.25) is 14.6 Å². The van der Waals surface area contributed by atoms with E-state index in [-0.39, 0.29) is 11.8 Å². The first-order valence-electron chi connectivity index (χ1n) is 10.4. The SMILES string of the molecule is CC(C)CCNC(=O)c1cncc(C(=O)Nc2ccc(N3CCCCC3)cc2)c1. The van der Waals surface area contributed by atoms with E-state index in [1.54, 1.807) is 6.07 Å². The molecule has 1 saturated heterocycles. The van der Waals surface area contributed by atoms with Crippen molar-refractivity contribution in [3.8, 4) is 0 Å². The van der Waals surface area contributed by atoms with Crippen LogP contribution in [0.3, 0.4) is 0 Å². The minimum atomic E-state index is -0.278. The lowest BCUT2D eigenvalue weighted by Crippen LogP contribution is -2.29. The van der Waals surface area contributed by atoms with Crippen molar-refractivity contribution in [1.82, 2.24) is 10.3 Å². The Balaban J connectivity index is 1.59. The Hall–Kier alpha value is -2.89. The van der Waals surface area contributed by atoms with Crippen LogP contribution in [-0.2, 0) is 0 Å². The lowest BCUT2D eigenvalue weighted by molar-refractivity contribution is 0.0951. The molecule has 1 aliphatic heterocycles. The van der Waals surface area contributed by atoms with Crippen LogP contribution in [0.15, 0.2) is 42.7 Å². The highest BCUT2D eigenvalue weighted by molar-refractivity contribution is 6.05. The maximum atomic E-state index is 12.6. The first-order valence-corrected chi connectivity index (χ1v) is 10.4. The van der Waals surface area contributed by atoms with Crippen LogP contribution in [0.25, 0.3) is 0 Å². The summed E-state index contributed by atoms with van der Waals surface area (Å²) in [5, 5.41) is 5.75. The van der Waals surface area contributed by atoms with Gasteiger partial charge in [0.1, 0.15) is 0 Å². The molecule has 0 spiro atoms. The van der Waals surface area contributed by atoms with E-state index in [0.717, 1.165) is 25.2 Å². The molecule has 0 aliphatic carbocycles. The second-order valence-electron chi connectivity index (χ2n) is 7.95. The summed E-state index contributed by atoms with van der Waals surface area (Å²) >= 11 is 0. The second-order valence-corrected chi connectivity index (χ2v) is 7.95. The molecule has 6 heteroatoms. The van der Waals surface area contributed by atoms with Gasteiger partial charge in [-0.1, -0.05) is 13.8 Å². The molecule has 154 valence electrons. The molecule has 29 heavy (non-hydrogen) atoms. The van der Waals surface area contributed by atoms with Crippen LogP contribution in [-0.4, -0.2) is 36.4 Å². The summed E-state index contributed by atoms with van der Waals surface area (Å²) in [5.41, 5.74) is 2.66. The van der Waals surface area contributed by atoms with Crippen molar-refractivity contribution in [2.24, 2.45) is 5.92 Å². The second kappa shape index (κ2) is 10.0. The van der Waals surface area contributed by atoms with Gasteiger partial charge in [0.05, 0.1) is 11.1 Å². The van der Waals surface area contributed by atoms with Crippen LogP contribution < -0.4 is 15.5 Å². The predicted octanol–water partition coefficient (Wildman–Crippen LogP) is 4.10. The van der Waals surface area contributed by atoms with Crippen molar-refractivity contribution < 1.29 is 9.59 Å². The molecular weight excluding hydrogens is 364 g/mol. The standard InChI is InChI=1S/C23H30N4O2/c1-17(2)10-11-25-22(28)18-14-19(16-24-15-18)23(29)26-20-6-8-21(9-7-20)27-12-4-3-5-13-27/h6-9,14-17H,3-5,10-13H2,1-2H3,(H,25,28)(H,26,29). The van der Waals surface area contributed by atoms with Crippen LogP contribution in [0, 0.1) is 5.92 Å². The molecule has 2 N–H and O–H groups in total. The molecule has 2 amide bonds. The molecule has 1 aliphatic rings. The lowest BCUT2D eigenvalue weighted by atomic mass is 10.1. The minimum Gasteiger partial charge on any atom is -0.372 e. The van der Waals surface area contributed by atoms with Crippen LogP contribution in [0.4, 0.5) is 11.4 Å². The van der Waals surface area contributed by atoms with Gasteiger partial charge in [-0.05, 0) is 61.9 Å². The molecule has 1 aromatic carbocycles. The topological polar surface area (TPSA) is 74.3 Å². The van der Waals surface area contributed by atoms with Crippen LogP contribution in [0.1, 0.15) is 60.2 Å². The summed E-state index contributed by atoms with van der Waals surface area (Å²) in [6.07, 6.45) is 7.62. The van der Waals surface area contributed by atoms with Gasteiger partial charge in [0.15, 0.2) is 0 Å². The van der Waals surface area contributed by atoms with Gasteiger partial charge in [-0.25, -0.2) is 0 Å². The zero-order chi connectivity index (χ0) is 20.6. The number of amides is 2. The molecule has 0 bridgehead atoms. The summed E-state index contributed by atoms with van der Waals surface area (Å²) in [5.74, 6) is 0.0329. The highest BCUT2D eigenvalue weighted by atomic mass is 16.2. The Bertz CT molecular complexity index is 827. The molecular formula is C23H30N4O2. The van der Waals surface area contributed by atoms with Crippen molar-refractivity contribution in [1.29, 1.82) is 0 Å². The number of piperidine rings is 1. The summed E-state index contributed by atoms with van der Waals surface area (Å²) in [6.45, 7) is 7.00. The quantitative estimate of drug-likeness (QED) is 0.741. The number of hydrogen-bond donors (Lipinski definition) is 2. The van der Waals surface area contributed by atoms with E-state index in [2.05, 4.69) is 34.4 Å². The molecule has 0 atom stereocenters. The van der Waals surface area contributed by atoms with E-state index >= 15 is 0 Å². The van der Waals surface area contributed by atoms with E-state index in [1.807, 2.05) is 24.3 Å². The smallest absolute Gasteiger partial charge is 0.257 e. The van der Waals surface area contributed by atoms with Crippen molar-refractivity contribution in [2.75, 3.05) is 29.9 Å². The Morgan fingerprint density at radius 1 is 1.00 bits per heavy atom. The van der Waals surface area contributed by atoms with Crippen LogP contribution >= 0.6 is 0 Å². The maximum Gasteiger partial charge on any atom is 0.257 e. The largest absolute Gasteiger partial charge is 0.372 e. The maximum absolute atomic E-state index is 12.6. The van der Waals surface area contributed by atoms with E-state index in [9.17, 15) is 9.59 Å². The van der Waals surface area contributed by atoms with Crippen molar-refractivity contribution in [3.63, 3.8) is 0 Å². The van der Waals surface area contributed by atoms with Crippen molar-refractivity contribution in [3.05, 3.63) is 53.9 Å². The molecule has 3 rings (SSSR count). The number of aromatic nitrogens is 1. The Labute approximate surface area is 172 Å². The number of pyridine rings is 1. The van der Waals surface area contributed by atoms with Gasteiger partial charge < -0.3 is 15.5 Å². The van der Waals surface area contributed by atoms with E-state index in [4.69, 9.17) is 0 Å². The number of nitrogens with zero attached hydrogens (tertiary/aromatic N) is 2. The lowest BCUT2D eigenvalue weighted by Gasteiger charge is -2.28. The van der Waals surface area contributed by atoms with Gasteiger partial charge in [-0.2, -0.15) is 0 Å². The average molecular weight is 395 g/mol. The Morgan fingerprint density at radius 2 is 1.66 bits per heavy atom. The van der Waals surface area contributed by atoms with Crippen LogP contribution in [0.2, 0.25) is 0 Å². The predicted molar refractivity (Wildman–Crippen MR) is 116 cm³/mol. The number of anilines is 2. The summed E-state index contributed by atoms with van der Waals surface area (Å²) < 4.78 is 0. The molecule has 1 fully saturated rings. The fraction of sp³-hybridized carbons (Fsp3) is 0.435. The molecule has 2 heterocycles. The van der Waals surface area contributed by atoms with Gasteiger partial charge in [0, 0.05) is 43.4 Å². The third-order valence-corrected chi connectivity index (χ3v) is 5.12. The molecule has 1 aromatic heterocycles. The van der Waals surface area contributed by atoms with Gasteiger partial charge in [-0.15, -0.1) is 0 Å². The molecule has 6 nitrogen and oxygen atoms in total. The van der Waals surface area contributed by atoms with Crippen molar-refractivity contribution >= 4 is 23.2 Å². The number of nitrogens with one attached hydrogen (secondary N) is 2. The third-order valence-electron chi connectivity index (χ3n) is 5.12. The van der Waals surface area contributed by atoms with Crippen LogP contribution in [0.5, 0.6) is 0 Å². The van der Waals surface area contributed by atoms with E-state index in [0.29, 0.717) is 23.6 Å². The normalized spacial score (nSPS) is 14.0. The Kier molecular flexibility index (Phi) is 7.22. The zero-order valence-electron chi connectivity index (χ0n) is 17.3. The monoisotopic (exact) mass is 394 g/mol.